The van der Waals surface area contributed by atoms with Crippen molar-refractivity contribution in [2.24, 2.45) is 5.92 Å². The average molecular weight is 155 g/mol. The fourth-order valence-corrected chi connectivity index (χ4v) is 1.04. The summed E-state index contributed by atoms with van der Waals surface area (Å²) in [4.78, 5) is 0. The third kappa shape index (κ3) is 1.07. The summed E-state index contributed by atoms with van der Waals surface area (Å²) in [6.07, 6.45) is 1.49. The van der Waals surface area contributed by atoms with Crippen molar-refractivity contribution in [1.29, 1.82) is 0 Å². The van der Waals surface area contributed by atoms with Crippen molar-refractivity contribution in [3.8, 4) is 0 Å². The highest BCUT2D eigenvalue weighted by Crippen LogP contribution is 2.41. The molecule has 11 heavy (non-hydrogen) atoms. The van der Waals surface area contributed by atoms with E-state index in [-0.39, 0.29) is 5.82 Å². The molecule has 1 aromatic heterocycles. The molecule has 1 fully saturated rings. The molecule has 5 heteroatoms. The first-order valence-corrected chi connectivity index (χ1v) is 3.55. The van der Waals surface area contributed by atoms with Crippen LogP contribution >= 0.6 is 0 Å². The van der Waals surface area contributed by atoms with Gasteiger partial charge in [0.1, 0.15) is 6.10 Å². The van der Waals surface area contributed by atoms with Gasteiger partial charge in [-0.15, -0.1) is 0 Å². The molecule has 5 nitrogen and oxygen atoms in total. The third-order valence-corrected chi connectivity index (χ3v) is 1.89. The van der Waals surface area contributed by atoms with Crippen LogP contribution in [0.25, 0.3) is 0 Å². The minimum Gasteiger partial charge on any atom is -0.386 e. The van der Waals surface area contributed by atoms with E-state index in [0.29, 0.717) is 11.6 Å². The van der Waals surface area contributed by atoms with Gasteiger partial charge in [-0.05, 0) is 29.1 Å². The summed E-state index contributed by atoms with van der Waals surface area (Å²) in [5.41, 5.74) is 5.76. The molecular formula is C6H9N3O2. The van der Waals surface area contributed by atoms with Crippen LogP contribution in [0.3, 0.4) is 0 Å². The number of hydrogen-bond donors (Lipinski definition) is 2. The summed E-state index contributed by atoms with van der Waals surface area (Å²) in [6.45, 7) is 0. The molecule has 3 N–H and O–H groups in total. The van der Waals surface area contributed by atoms with Gasteiger partial charge >= 0.3 is 0 Å². The number of aliphatic hydroxyl groups is 1. The molecule has 1 saturated carbocycles. The Bertz CT molecular complexity index is 256. The van der Waals surface area contributed by atoms with Crippen molar-refractivity contribution in [2.75, 3.05) is 5.73 Å². The summed E-state index contributed by atoms with van der Waals surface area (Å²) in [5.74, 6) is 0.508. The molecule has 0 radical (unpaired) electrons. The number of aliphatic hydroxyl groups excluding tert-OH is 1. The number of aromatic nitrogens is 2. The van der Waals surface area contributed by atoms with Gasteiger partial charge in [-0.3, -0.25) is 0 Å². The summed E-state index contributed by atoms with van der Waals surface area (Å²) in [6, 6.07) is 0. The highest BCUT2D eigenvalue weighted by Gasteiger charge is 2.34. The lowest BCUT2D eigenvalue weighted by molar-refractivity contribution is 0.143. The molecule has 0 spiro atoms. The van der Waals surface area contributed by atoms with Crippen molar-refractivity contribution in [3.05, 3.63) is 5.69 Å². The van der Waals surface area contributed by atoms with Crippen molar-refractivity contribution in [2.45, 2.75) is 18.9 Å². The van der Waals surface area contributed by atoms with Crippen LogP contribution in [0, 0.1) is 5.92 Å². The maximum absolute atomic E-state index is 9.49. The molecule has 60 valence electrons. The third-order valence-electron chi connectivity index (χ3n) is 1.89. The Morgan fingerprint density at radius 1 is 1.55 bits per heavy atom. The van der Waals surface area contributed by atoms with Gasteiger partial charge in [0, 0.05) is 0 Å². The standard InChI is InChI=1S/C6H9N3O2/c7-6-4(8-11-9-6)5(10)3-1-2-3/h3,5,10H,1-2H2,(H2,7,9)/t5-/m0/s1. The predicted molar refractivity (Wildman–Crippen MR) is 36.4 cm³/mol. The van der Waals surface area contributed by atoms with E-state index in [2.05, 4.69) is 14.9 Å². The van der Waals surface area contributed by atoms with Gasteiger partial charge in [0.2, 0.25) is 0 Å². The van der Waals surface area contributed by atoms with E-state index >= 15 is 0 Å². The van der Waals surface area contributed by atoms with Crippen LogP contribution < -0.4 is 5.73 Å². The largest absolute Gasteiger partial charge is 0.386 e. The van der Waals surface area contributed by atoms with Gasteiger partial charge in [-0.1, -0.05) is 0 Å². The smallest absolute Gasteiger partial charge is 0.194 e. The number of anilines is 1. The maximum atomic E-state index is 9.49. The molecule has 1 heterocycles. The normalized spacial score (nSPS) is 20.1. The molecule has 2 rings (SSSR count). The fraction of sp³-hybridized carbons (Fsp3) is 0.667. The quantitative estimate of drug-likeness (QED) is 0.632. The van der Waals surface area contributed by atoms with Crippen molar-refractivity contribution in [1.82, 2.24) is 10.3 Å². The lowest BCUT2D eigenvalue weighted by Crippen LogP contribution is -2.03. The highest BCUT2D eigenvalue weighted by atomic mass is 16.6. The maximum Gasteiger partial charge on any atom is 0.194 e. The number of nitrogen functional groups attached to an aromatic ring is 1. The Balaban J connectivity index is 2.20. The van der Waals surface area contributed by atoms with E-state index in [4.69, 9.17) is 5.73 Å². The van der Waals surface area contributed by atoms with Crippen LogP contribution in [0.1, 0.15) is 24.6 Å². The SMILES string of the molecule is Nc1nonc1[C@@H](O)C1CC1. The Morgan fingerprint density at radius 2 is 2.27 bits per heavy atom. The van der Waals surface area contributed by atoms with E-state index < -0.39 is 6.10 Å². The van der Waals surface area contributed by atoms with E-state index in [1.807, 2.05) is 0 Å². The summed E-state index contributed by atoms with van der Waals surface area (Å²) < 4.78 is 4.36. The minimum atomic E-state index is -0.582. The Kier molecular flexibility index (Phi) is 1.32. The first-order chi connectivity index (χ1) is 5.29. The van der Waals surface area contributed by atoms with Crippen molar-refractivity contribution < 1.29 is 9.74 Å². The van der Waals surface area contributed by atoms with Gasteiger partial charge < -0.3 is 10.8 Å². The molecule has 0 bridgehead atoms. The topological polar surface area (TPSA) is 85.2 Å². The Hall–Kier alpha value is -1.10. The van der Waals surface area contributed by atoms with E-state index in [1.54, 1.807) is 0 Å². The van der Waals surface area contributed by atoms with E-state index in [1.165, 1.54) is 0 Å². The van der Waals surface area contributed by atoms with Crippen molar-refractivity contribution >= 4 is 5.82 Å². The molecule has 1 aliphatic carbocycles. The lowest BCUT2D eigenvalue weighted by atomic mass is 10.2. The van der Waals surface area contributed by atoms with Gasteiger partial charge in [0.15, 0.2) is 11.5 Å². The van der Waals surface area contributed by atoms with Crippen LogP contribution in [-0.4, -0.2) is 15.4 Å². The number of nitrogens with two attached hydrogens (primary N) is 1. The van der Waals surface area contributed by atoms with Gasteiger partial charge in [0.05, 0.1) is 0 Å². The van der Waals surface area contributed by atoms with Crippen LogP contribution in [-0.2, 0) is 0 Å². The minimum absolute atomic E-state index is 0.199. The van der Waals surface area contributed by atoms with E-state index in [9.17, 15) is 5.11 Å². The first-order valence-electron chi connectivity index (χ1n) is 3.55. The van der Waals surface area contributed by atoms with Crippen LogP contribution in [0.2, 0.25) is 0 Å². The molecule has 1 aliphatic rings. The molecule has 1 aromatic rings. The summed E-state index contributed by atoms with van der Waals surface area (Å²) in [5, 5.41) is 16.4. The van der Waals surface area contributed by atoms with Crippen LogP contribution in [0.4, 0.5) is 5.82 Å². The van der Waals surface area contributed by atoms with Crippen molar-refractivity contribution in [3.63, 3.8) is 0 Å². The zero-order valence-electron chi connectivity index (χ0n) is 5.90. The summed E-state index contributed by atoms with van der Waals surface area (Å²) >= 11 is 0. The molecule has 0 unspecified atom stereocenters. The molecular weight excluding hydrogens is 146 g/mol. The Labute approximate surface area is 63.2 Å². The number of hydrogen-bond acceptors (Lipinski definition) is 5. The van der Waals surface area contributed by atoms with Gasteiger partial charge in [0.25, 0.3) is 0 Å². The second-order valence-corrected chi connectivity index (χ2v) is 2.82. The van der Waals surface area contributed by atoms with E-state index in [0.717, 1.165) is 12.8 Å². The molecule has 0 aliphatic heterocycles. The molecule has 0 aromatic carbocycles. The zero-order chi connectivity index (χ0) is 7.84. The Morgan fingerprint density at radius 3 is 2.73 bits per heavy atom. The monoisotopic (exact) mass is 155 g/mol. The second kappa shape index (κ2) is 2.20. The molecule has 1 atom stereocenters. The van der Waals surface area contributed by atoms with Crippen LogP contribution in [0.5, 0.6) is 0 Å². The zero-order valence-corrected chi connectivity index (χ0v) is 5.90. The fourth-order valence-electron chi connectivity index (χ4n) is 1.04. The number of nitrogens with zero attached hydrogens (tertiary/aromatic N) is 2. The first kappa shape index (κ1) is 6.60. The summed E-state index contributed by atoms with van der Waals surface area (Å²) in [7, 11) is 0. The average Bonchev–Trinajstić information content (AvgIpc) is 2.74. The van der Waals surface area contributed by atoms with Gasteiger partial charge in [-0.2, -0.15) is 0 Å². The highest BCUT2D eigenvalue weighted by molar-refractivity contribution is 5.33. The lowest BCUT2D eigenvalue weighted by Gasteiger charge is -2.02. The number of rotatable bonds is 2. The molecule has 0 saturated heterocycles. The second-order valence-electron chi connectivity index (χ2n) is 2.82. The van der Waals surface area contributed by atoms with Crippen LogP contribution in [0.15, 0.2) is 4.63 Å². The van der Waals surface area contributed by atoms with Gasteiger partial charge in [-0.25, -0.2) is 4.63 Å². The predicted octanol–water partition coefficient (Wildman–Crippen LogP) is 0.0952. The molecule has 0 amide bonds.